The second-order valence-corrected chi connectivity index (χ2v) is 3.89. The van der Waals surface area contributed by atoms with Gasteiger partial charge in [0, 0.05) is 5.56 Å². The SMILES string of the molecule is COc1cc2ccc(C(=O)Cl)cc2cc1OC. The molecule has 0 amide bonds. The largest absolute Gasteiger partial charge is 0.493 e. The average molecular weight is 251 g/mol. The molecule has 2 aromatic carbocycles. The molecule has 0 fully saturated rings. The Bertz CT molecular complexity index is 578. The quantitative estimate of drug-likeness (QED) is 0.785. The summed E-state index contributed by atoms with van der Waals surface area (Å²) in [5, 5.41) is 1.38. The lowest BCUT2D eigenvalue weighted by Gasteiger charge is -2.09. The van der Waals surface area contributed by atoms with Crippen molar-refractivity contribution in [2.24, 2.45) is 0 Å². The first-order valence-corrected chi connectivity index (χ1v) is 5.39. The zero-order valence-corrected chi connectivity index (χ0v) is 10.2. The van der Waals surface area contributed by atoms with Crippen molar-refractivity contribution in [2.45, 2.75) is 0 Å². The molecule has 0 atom stereocenters. The first kappa shape index (κ1) is 11.7. The van der Waals surface area contributed by atoms with Gasteiger partial charge in [0.25, 0.3) is 5.24 Å². The van der Waals surface area contributed by atoms with Crippen LogP contribution in [-0.4, -0.2) is 19.5 Å². The number of ether oxygens (including phenoxy) is 2. The number of hydrogen-bond acceptors (Lipinski definition) is 3. The molecule has 0 heterocycles. The summed E-state index contributed by atoms with van der Waals surface area (Å²) in [7, 11) is 3.15. The van der Waals surface area contributed by atoms with Gasteiger partial charge in [-0.05, 0) is 46.6 Å². The fraction of sp³-hybridized carbons (Fsp3) is 0.154. The zero-order valence-electron chi connectivity index (χ0n) is 9.49. The fourth-order valence-electron chi connectivity index (χ4n) is 1.70. The van der Waals surface area contributed by atoms with E-state index in [0.717, 1.165) is 10.8 Å². The van der Waals surface area contributed by atoms with Crippen molar-refractivity contribution in [3.8, 4) is 11.5 Å². The number of carbonyl (C=O) groups is 1. The van der Waals surface area contributed by atoms with Crippen molar-refractivity contribution < 1.29 is 14.3 Å². The highest BCUT2D eigenvalue weighted by molar-refractivity contribution is 6.67. The van der Waals surface area contributed by atoms with Crippen LogP contribution in [-0.2, 0) is 0 Å². The molecule has 0 spiro atoms. The normalized spacial score (nSPS) is 10.3. The molecule has 0 radical (unpaired) electrons. The minimum Gasteiger partial charge on any atom is -0.493 e. The molecule has 88 valence electrons. The Hall–Kier alpha value is -1.74. The van der Waals surface area contributed by atoms with Gasteiger partial charge in [-0.25, -0.2) is 0 Å². The second kappa shape index (κ2) is 4.63. The van der Waals surface area contributed by atoms with E-state index in [1.54, 1.807) is 26.4 Å². The third kappa shape index (κ3) is 2.19. The summed E-state index contributed by atoms with van der Waals surface area (Å²) in [4.78, 5) is 11.1. The van der Waals surface area contributed by atoms with Gasteiger partial charge in [-0.3, -0.25) is 4.79 Å². The number of halogens is 1. The number of carbonyl (C=O) groups excluding carboxylic acids is 1. The first-order valence-electron chi connectivity index (χ1n) is 5.01. The van der Waals surface area contributed by atoms with Gasteiger partial charge < -0.3 is 9.47 Å². The van der Waals surface area contributed by atoms with E-state index >= 15 is 0 Å². The van der Waals surface area contributed by atoms with Crippen molar-refractivity contribution in [3.63, 3.8) is 0 Å². The van der Waals surface area contributed by atoms with Crippen LogP contribution in [0.3, 0.4) is 0 Å². The molecule has 0 unspecified atom stereocenters. The topological polar surface area (TPSA) is 35.5 Å². The molecule has 0 bridgehead atoms. The first-order chi connectivity index (χ1) is 8.15. The predicted octanol–water partition coefficient (Wildman–Crippen LogP) is 3.24. The van der Waals surface area contributed by atoms with Gasteiger partial charge in [0.2, 0.25) is 0 Å². The third-order valence-corrected chi connectivity index (χ3v) is 2.79. The summed E-state index contributed by atoms with van der Waals surface area (Å²) in [6.07, 6.45) is 0. The van der Waals surface area contributed by atoms with Gasteiger partial charge >= 0.3 is 0 Å². The molecular formula is C13H11ClO3. The van der Waals surface area contributed by atoms with Crippen LogP contribution < -0.4 is 9.47 Å². The van der Waals surface area contributed by atoms with Crippen molar-refractivity contribution in [3.05, 3.63) is 35.9 Å². The fourth-order valence-corrected chi connectivity index (χ4v) is 1.81. The van der Waals surface area contributed by atoms with E-state index in [-0.39, 0.29) is 0 Å². The summed E-state index contributed by atoms with van der Waals surface area (Å²) in [6.45, 7) is 0. The van der Waals surface area contributed by atoms with Gasteiger partial charge in [0.15, 0.2) is 11.5 Å². The van der Waals surface area contributed by atoms with E-state index in [4.69, 9.17) is 21.1 Å². The van der Waals surface area contributed by atoms with Crippen molar-refractivity contribution in [2.75, 3.05) is 14.2 Å². The van der Waals surface area contributed by atoms with E-state index in [2.05, 4.69) is 0 Å². The maximum absolute atomic E-state index is 11.1. The van der Waals surface area contributed by atoms with E-state index in [9.17, 15) is 4.79 Å². The number of rotatable bonds is 3. The van der Waals surface area contributed by atoms with E-state index in [1.165, 1.54) is 0 Å². The molecule has 0 aliphatic heterocycles. The van der Waals surface area contributed by atoms with E-state index in [0.29, 0.717) is 17.1 Å². The van der Waals surface area contributed by atoms with Crippen molar-refractivity contribution in [1.82, 2.24) is 0 Å². The molecule has 3 nitrogen and oxygen atoms in total. The van der Waals surface area contributed by atoms with Crippen LogP contribution in [0.2, 0.25) is 0 Å². The van der Waals surface area contributed by atoms with Crippen LogP contribution in [0.15, 0.2) is 30.3 Å². The zero-order chi connectivity index (χ0) is 12.4. The van der Waals surface area contributed by atoms with Gasteiger partial charge in [0.05, 0.1) is 14.2 Å². The summed E-state index contributed by atoms with van der Waals surface area (Å²) >= 11 is 5.44. The molecule has 0 aliphatic rings. The van der Waals surface area contributed by atoms with Gasteiger partial charge in [0.1, 0.15) is 0 Å². The molecule has 0 aromatic heterocycles. The lowest BCUT2D eigenvalue weighted by molar-refractivity contribution is 0.108. The van der Waals surface area contributed by atoms with Crippen LogP contribution in [0.4, 0.5) is 0 Å². The lowest BCUT2D eigenvalue weighted by Crippen LogP contribution is -1.92. The number of hydrogen-bond donors (Lipinski definition) is 0. The standard InChI is InChI=1S/C13H11ClO3/c1-16-11-6-8-3-4-9(13(14)15)5-10(8)7-12(11)17-2/h3-7H,1-2H3. The number of fused-ring (bicyclic) bond motifs is 1. The molecule has 4 heteroatoms. The van der Waals surface area contributed by atoms with Gasteiger partial charge in [-0.2, -0.15) is 0 Å². The highest BCUT2D eigenvalue weighted by atomic mass is 35.5. The minimum absolute atomic E-state index is 0.464. The third-order valence-electron chi connectivity index (χ3n) is 2.57. The predicted molar refractivity (Wildman–Crippen MR) is 67.2 cm³/mol. The van der Waals surface area contributed by atoms with E-state index < -0.39 is 5.24 Å². The van der Waals surface area contributed by atoms with Crippen molar-refractivity contribution >= 4 is 27.6 Å². The molecule has 2 aromatic rings. The second-order valence-electron chi connectivity index (χ2n) is 3.54. The maximum atomic E-state index is 11.1. The number of benzene rings is 2. The van der Waals surface area contributed by atoms with Crippen LogP contribution >= 0.6 is 11.6 Å². The maximum Gasteiger partial charge on any atom is 0.252 e. The Morgan fingerprint density at radius 2 is 1.59 bits per heavy atom. The molecule has 0 saturated carbocycles. The molecule has 2 rings (SSSR count). The Labute approximate surface area is 104 Å². The molecule has 0 N–H and O–H groups in total. The average Bonchev–Trinajstić information content (AvgIpc) is 2.36. The molecule has 0 saturated heterocycles. The highest BCUT2D eigenvalue weighted by Crippen LogP contribution is 2.32. The smallest absolute Gasteiger partial charge is 0.252 e. The van der Waals surface area contributed by atoms with Crippen LogP contribution in [0.5, 0.6) is 11.5 Å². The summed E-state index contributed by atoms with van der Waals surface area (Å²) in [5.74, 6) is 1.28. The summed E-state index contributed by atoms with van der Waals surface area (Å²) in [6, 6.07) is 8.91. The summed E-state index contributed by atoms with van der Waals surface area (Å²) in [5.41, 5.74) is 0.464. The minimum atomic E-state index is -0.471. The molecule has 17 heavy (non-hydrogen) atoms. The van der Waals surface area contributed by atoms with Gasteiger partial charge in [-0.15, -0.1) is 0 Å². The van der Waals surface area contributed by atoms with E-state index in [1.807, 2.05) is 18.2 Å². The highest BCUT2D eigenvalue weighted by Gasteiger charge is 2.08. The Morgan fingerprint density at radius 1 is 1.00 bits per heavy atom. The van der Waals surface area contributed by atoms with Crippen molar-refractivity contribution in [1.29, 1.82) is 0 Å². The van der Waals surface area contributed by atoms with Crippen LogP contribution in [0.1, 0.15) is 10.4 Å². The Kier molecular flexibility index (Phi) is 3.20. The Morgan fingerprint density at radius 3 is 2.12 bits per heavy atom. The van der Waals surface area contributed by atoms with Crippen LogP contribution in [0, 0.1) is 0 Å². The van der Waals surface area contributed by atoms with Gasteiger partial charge in [-0.1, -0.05) is 6.07 Å². The summed E-state index contributed by atoms with van der Waals surface area (Å²) < 4.78 is 10.4. The number of methoxy groups -OCH3 is 2. The molecular weight excluding hydrogens is 240 g/mol. The Balaban J connectivity index is 2.66. The molecule has 0 aliphatic carbocycles. The lowest BCUT2D eigenvalue weighted by atomic mass is 10.1. The van der Waals surface area contributed by atoms with Crippen LogP contribution in [0.25, 0.3) is 10.8 Å². The monoisotopic (exact) mass is 250 g/mol.